The number of carbonyl (C=O) groups excluding carboxylic acids is 5. The molecule has 3 N–H and O–H groups in total. The van der Waals surface area contributed by atoms with Crippen molar-refractivity contribution in [2.75, 3.05) is 18.4 Å². The highest BCUT2D eigenvalue weighted by Gasteiger charge is 2.22. The average Bonchev–Trinajstić information content (AvgIpc) is 3.15. The lowest BCUT2D eigenvalue weighted by Gasteiger charge is -2.15. The van der Waals surface area contributed by atoms with Gasteiger partial charge >= 0.3 is 0 Å². The minimum absolute atomic E-state index is 0.215. The normalized spacial score (nSPS) is 13.1. The molecular formula is C25H35ClN4O5S. The number of benzene rings is 1. The highest BCUT2D eigenvalue weighted by Crippen LogP contribution is 2.22. The second kappa shape index (κ2) is 16.8. The van der Waals surface area contributed by atoms with Gasteiger partial charge in [-0.25, -0.2) is 0 Å². The lowest BCUT2D eigenvalue weighted by molar-refractivity contribution is -0.137. The molecule has 0 fully saturated rings. The molecule has 0 saturated carbocycles. The van der Waals surface area contributed by atoms with Crippen molar-refractivity contribution in [1.82, 2.24) is 15.5 Å². The van der Waals surface area contributed by atoms with E-state index < -0.39 is 17.9 Å². The van der Waals surface area contributed by atoms with Crippen molar-refractivity contribution in [3.63, 3.8) is 0 Å². The molecule has 11 heteroatoms. The van der Waals surface area contributed by atoms with E-state index in [4.69, 9.17) is 11.6 Å². The molecule has 0 aliphatic carbocycles. The number of halogens is 1. The van der Waals surface area contributed by atoms with E-state index in [0.717, 1.165) is 10.5 Å². The molecular weight excluding hydrogens is 504 g/mol. The third-order valence-electron chi connectivity index (χ3n) is 4.89. The zero-order valence-corrected chi connectivity index (χ0v) is 22.6. The van der Waals surface area contributed by atoms with Crippen LogP contribution in [0.5, 0.6) is 0 Å². The molecule has 198 valence electrons. The van der Waals surface area contributed by atoms with E-state index in [1.807, 2.05) is 0 Å². The van der Waals surface area contributed by atoms with Crippen molar-refractivity contribution in [3.05, 3.63) is 40.9 Å². The molecule has 1 aromatic rings. The Morgan fingerprint density at radius 3 is 2.25 bits per heavy atom. The largest absolute Gasteiger partial charge is 0.347 e. The predicted molar refractivity (Wildman–Crippen MR) is 144 cm³/mol. The van der Waals surface area contributed by atoms with Gasteiger partial charge in [0.15, 0.2) is 0 Å². The Morgan fingerprint density at radius 2 is 1.67 bits per heavy atom. The molecule has 0 bridgehead atoms. The Kier molecular flexibility index (Phi) is 14.5. The fourth-order valence-corrected chi connectivity index (χ4v) is 3.63. The van der Waals surface area contributed by atoms with Crippen LogP contribution in [0.15, 0.2) is 30.4 Å². The van der Waals surface area contributed by atoms with Gasteiger partial charge in [-0.2, -0.15) is 12.6 Å². The molecule has 9 nitrogen and oxygen atoms in total. The van der Waals surface area contributed by atoms with Crippen LogP contribution in [0.3, 0.4) is 0 Å². The van der Waals surface area contributed by atoms with E-state index in [1.165, 1.54) is 25.5 Å². The second-order valence-electron chi connectivity index (χ2n) is 8.20. The van der Waals surface area contributed by atoms with Crippen molar-refractivity contribution in [3.8, 4) is 0 Å². The summed E-state index contributed by atoms with van der Waals surface area (Å²) < 4.78 is 0. The van der Waals surface area contributed by atoms with Crippen LogP contribution in [-0.2, 0) is 29.7 Å². The average molecular weight is 539 g/mol. The molecule has 1 aliphatic heterocycles. The monoisotopic (exact) mass is 538 g/mol. The van der Waals surface area contributed by atoms with Crippen LogP contribution in [0.2, 0.25) is 5.02 Å². The van der Waals surface area contributed by atoms with Crippen LogP contribution in [0.1, 0.15) is 58.4 Å². The molecule has 1 aromatic carbocycles. The van der Waals surface area contributed by atoms with E-state index in [0.29, 0.717) is 42.3 Å². The standard InChI is InChI=1S/C22H27ClN4O5S.C3H8/c1-14(22(32)26-16-7-6-15(13-33)17(23)11-16)25-19(29)12-24-18(28)5-3-2-4-10-27-20(30)8-9-21(27)31;1-3-2/h6-9,11,14,33H,2-5,10,12-13H2,1H3,(H,24,28)(H,25,29)(H,26,32);3H2,1-2H3. The number of rotatable bonds is 12. The van der Waals surface area contributed by atoms with Crippen molar-refractivity contribution in [1.29, 1.82) is 0 Å². The Hall–Kier alpha value is -2.85. The van der Waals surface area contributed by atoms with Crippen LogP contribution < -0.4 is 16.0 Å². The summed E-state index contributed by atoms with van der Waals surface area (Å²) in [6.45, 7) is 5.85. The van der Waals surface area contributed by atoms with Crippen molar-refractivity contribution in [2.45, 2.75) is 64.7 Å². The fraction of sp³-hybridized carbons (Fsp3) is 0.480. The van der Waals surface area contributed by atoms with Crippen molar-refractivity contribution < 1.29 is 24.0 Å². The Labute approximate surface area is 222 Å². The van der Waals surface area contributed by atoms with Gasteiger partial charge in [0.25, 0.3) is 11.8 Å². The maximum absolute atomic E-state index is 12.3. The van der Waals surface area contributed by atoms with Gasteiger partial charge in [-0.05, 0) is 37.5 Å². The third-order valence-corrected chi connectivity index (χ3v) is 5.59. The van der Waals surface area contributed by atoms with Crippen molar-refractivity contribution in [2.24, 2.45) is 0 Å². The summed E-state index contributed by atoms with van der Waals surface area (Å²) in [5, 5.41) is 8.18. The summed E-state index contributed by atoms with van der Waals surface area (Å²) in [6.07, 6.45) is 5.76. The number of nitrogens with one attached hydrogen (secondary N) is 3. The van der Waals surface area contributed by atoms with Crippen LogP contribution in [0.4, 0.5) is 5.69 Å². The quantitative estimate of drug-likeness (QED) is 0.185. The maximum atomic E-state index is 12.3. The number of thiol groups is 1. The smallest absolute Gasteiger partial charge is 0.253 e. The first kappa shape index (κ1) is 31.2. The number of amides is 5. The Balaban J connectivity index is 0.00000205. The number of unbranched alkanes of at least 4 members (excludes halogenated alkanes) is 2. The van der Waals surface area contributed by atoms with Gasteiger partial charge in [0.05, 0.1) is 6.54 Å². The molecule has 5 amide bonds. The number of hydrogen-bond acceptors (Lipinski definition) is 6. The first-order valence-electron chi connectivity index (χ1n) is 11.9. The van der Waals surface area contributed by atoms with Gasteiger partial charge < -0.3 is 16.0 Å². The topological polar surface area (TPSA) is 125 Å². The minimum atomic E-state index is -0.816. The van der Waals surface area contributed by atoms with E-state index in [9.17, 15) is 24.0 Å². The van der Waals surface area contributed by atoms with E-state index in [2.05, 4.69) is 42.4 Å². The Bertz CT molecular complexity index is 952. The minimum Gasteiger partial charge on any atom is -0.347 e. The Morgan fingerprint density at radius 1 is 1.03 bits per heavy atom. The van der Waals surface area contributed by atoms with E-state index in [1.54, 1.807) is 18.2 Å². The molecule has 0 saturated heterocycles. The van der Waals surface area contributed by atoms with Gasteiger partial charge in [-0.1, -0.05) is 44.4 Å². The maximum Gasteiger partial charge on any atom is 0.253 e. The van der Waals surface area contributed by atoms with E-state index >= 15 is 0 Å². The molecule has 0 radical (unpaired) electrons. The SMILES string of the molecule is CC(NC(=O)CNC(=O)CCCCCN1C(=O)C=CC1=O)C(=O)Nc1ccc(CS)c(Cl)c1.CCC. The number of imide groups is 1. The van der Waals surface area contributed by atoms with Crippen LogP contribution in [-0.4, -0.2) is 53.6 Å². The second-order valence-corrected chi connectivity index (χ2v) is 8.92. The zero-order valence-electron chi connectivity index (χ0n) is 20.9. The number of anilines is 1. The lowest BCUT2D eigenvalue weighted by atomic mass is 10.2. The van der Waals surface area contributed by atoms with Gasteiger partial charge in [0, 0.05) is 41.6 Å². The molecule has 1 heterocycles. The summed E-state index contributed by atoms with van der Waals surface area (Å²) >= 11 is 10.3. The van der Waals surface area contributed by atoms with Crippen LogP contribution in [0, 0.1) is 0 Å². The summed E-state index contributed by atoms with van der Waals surface area (Å²) in [7, 11) is 0. The number of hydrogen-bond donors (Lipinski definition) is 4. The molecule has 0 spiro atoms. The fourth-order valence-electron chi connectivity index (χ4n) is 3.01. The summed E-state index contributed by atoms with van der Waals surface area (Å²) in [6, 6.07) is 4.24. The molecule has 36 heavy (non-hydrogen) atoms. The zero-order chi connectivity index (χ0) is 27.1. The number of carbonyl (C=O) groups is 5. The van der Waals surface area contributed by atoms with E-state index in [-0.39, 0.29) is 30.7 Å². The summed E-state index contributed by atoms with van der Waals surface area (Å²) in [5.74, 6) is -1.37. The third kappa shape index (κ3) is 11.3. The van der Waals surface area contributed by atoms with Crippen molar-refractivity contribution >= 4 is 59.5 Å². The van der Waals surface area contributed by atoms with Crippen LogP contribution >= 0.6 is 24.2 Å². The predicted octanol–water partition coefficient (Wildman–Crippen LogP) is 3.23. The molecule has 1 aliphatic rings. The molecule has 0 aromatic heterocycles. The number of nitrogens with zero attached hydrogens (tertiary/aromatic N) is 1. The lowest BCUT2D eigenvalue weighted by Crippen LogP contribution is -2.45. The van der Waals surface area contributed by atoms with Gasteiger partial charge in [-0.3, -0.25) is 28.9 Å². The molecule has 2 rings (SSSR count). The van der Waals surface area contributed by atoms with Gasteiger partial charge in [0.2, 0.25) is 17.7 Å². The van der Waals surface area contributed by atoms with Gasteiger partial charge in [0.1, 0.15) is 6.04 Å². The highest BCUT2D eigenvalue weighted by atomic mass is 35.5. The van der Waals surface area contributed by atoms with Gasteiger partial charge in [-0.15, -0.1) is 0 Å². The molecule has 1 unspecified atom stereocenters. The summed E-state index contributed by atoms with van der Waals surface area (Å²) in [4.78, 5) is 60.2. The molecule has 1 atom stereocenters. The highest BCUT2D eigenvalue weighted by molar-refractivity contribution is 7.79. The summed E-state index contributed by atoms with van der Waals surface area (Å²) in [5.41, 5.74) is 1.34. The first-order chi connectivity index (χ1) is 17.1. The van der Waals surface area contributed by atoms with Crippen LogP contribution in [0.25, 0.3) is 0 Å². The first-order valence-corrected chi connectivity index (χ1v) is 12.9.